The van der Waals surface area contributed by atoms with Gasteiger partial charge in [-0.25, -0.2) is 9.37 Å². The number of thioether (sulfide) groups is 1. The largest absolute Gasteiger partial charge is 0.483 e. The van der Waals surface area contributed by atoms with Gasteiger partial charge in [0.1, 0.15) is 12.3 Å². The Bertz CT molecular complexity index is 1300. The van der Waals surface area contributed by atoms with E-state index in [1.807, 2.05) is 23.6 Å². The number of hydrogen-bond donors (Lipinski definition) is 0. The summed E-state index contributed by atoms with van der Waals surface area (Å²) < 4.78 is 22.8. The van der Waals surface area contributed by atoms with E-state index >= 15 is 0 Å². The van der Waals surface area contributed by atoms with Crippen LogP contribution in [0.1, 0.15) is 17.2 Å². The second kappa shape index (κ2) is 9.13. The van der Waals surface area contributed by atoms with Crippen molar-refractivity contribution >= 4 is 17.4 Å². The monoisotopic (exact) mass is 437 g/mol. The van der Waals surface area contributed by atoms with Crippen molar-refractivity contribution in [3.63, 3.8) is 0 Å². The van der Waals surface area contributed by atoms with E-state index in [0.29, 0.717) is 34.6 Å². The predicted molar refractivity (Wildman–Crippen MR) is 117 cm³/mol. The summed E-state index contributed by atoms with van der Waals surface area (Å²) in [5.74, 6) is 0.716. The summed E-state index contributed by atoms with van der Waals surface area (Å²) in [5.41, 5.74) is 1.97. The molecule has 158 valence electrons. The Morgan fingerprint density at radius 1 is 1.19 bits per heavy atom. The molecule has 0 fully saturated rings. The first-order valence-electron chi connectivity index (χ1n) is 9.58. The summed E-state index contributed by atoms with van der Waals surface area (Å²) in [6.07, 6.45) is 1.73. The van der Waals surface area contributed by atoms with Crippen molar-refractivity contribution in [1.82, 2.24) is 24.1 Å². The lowest BCUT2D eigenvalue weighted by Gasteiger charge is -2.10. The number of hydrogen-bond acceptors (Lipinski definition) is 6. The summed E-state index contributed by atoms with van der Waals surface area (Å²) in [4.78, 5) is 17.1. The minimum absolute atomic E-state index is 0.0666. The first-order valence-corrected chi connectivity index (χ1v) is 10.6. The van der Waals surface area contributed by atoms with Gasteiger partial charge in [-0.1, -0.05) is 36.0 Å². The van der Waals surface area contributed by atoms with E-state index in [-0.39, 0.29) is 17.9 Å². The van der Waals surface area contributed by atoms with Gasteiger partial charge in [-0.3, -0.25) is 13.8 Å². The molecule has 0 unspecified atom stereocenters. The van der Waals surface area contributed by atoms with E-state index in [9.17, 15) is 9.18 Å². The number of pyridine rings is 1. The molecule has 0 N–H and O–H groups in total. The number of rotatable bonds is 8. The molecule has 0 saturated heterocycles. The summed E-state index contributed by atoms with van der Waals surface area (Å²) >= 11 is 1.41. The van der Waals surface area contributed by atoms with Gasteiger partial charge in [0.05, 0.1) is 5.69 Å². The topological polar surface area (TPSA) is 74.3 Å². The van der Waals surface area contributed by atoms with Gasteiger partial charge < -0.3 is 4.74 Å². The van der Waals surface area contributed by atoms with Crippen LogP contribution in [0.15, 0.2) is 71.1 Å². The van der Waals surface area contributed by atoms with Gasteiger partial charge in [0.2, 0.25) is 0 Å². The fourth-order valence-corrected chi connectivity index (χ4v) is 3.98. The lowest BCUT2D eigenvalue weighted by atomic mass is 10.3. The number of nitrogens with zero attached hydrogens (tertiary/aromatic N) is 5. The first kappa shape index (κ1) is 20.8. The minimum Gasteiger partial charge on any atom is -0.483 e. The normalized spacial score (nSPS) is 11.0. The van der Waals surface area contributed by atoms with Crippen molar-refractivity contribution in [2.45, 2.75) is 31.0 Å². The van der Waals surface area contributed by atoms with Crippen LogP contribution in [0.25, 0.3) is 5.65 Å². The van der Waals surface area contributed by atoms with E-state index in [0.717, 1.165) is 5.69 Å². The van der Waals surface area contributed by atoms with E-state index in [1.54, 1.807) is 34.7 Å². The Kier molecular flexibility index (Phi) is 6.13. The zero-order valence-corrected chi connectivity index (χ0v) is 17.7. The molecule has 0 bridgehead atoms. The molecule has 3 heterocycles. The average Bonchev–Trinajstić information content (AvgIpc) is 3.13. The smallest absolute Gasteiger partial charge is 0.258 e. The number of allylic oxidation sites excluding steroid dienone is 1. The SMILES string of the molecule is C=CCn1c(COc2ccccc2F)nnc1SCc1cc(=O)n2c(C)cccc2n1. The van der Waals surface area contributed by atoms with Gasteiger partial charge in [0.15, 0.2) is 22.5 Å². The van der Waals surface area contributed by atoms with E-state index in [1.165, 1.54) is 23.9 Å². The molecule has 4 rings (SSSR count). The maximum Gasteiger partial charge on any atom is 0.258 e. The van der Waals surface area contributed by atoms with Crippen LogP contribution < -0.4 is 10.3 Å². The van der Waals surface area contributed by atoms with E-state index < -0.39 is 5.82 Å². The van der Waals surface area contributed by atoms with Crippen LogP contribution in [0.2, 0.25) is 0 Å². The molecule has 0 aliphatic rings. The quantitative estimate of drug-likeness (QED) is 0.308. The van der Waals surface area contributed by atoms with Crippen molar-refractivity contribution in [2.75, 3.05) is 0 Å². The maximum absolute atomic E-state index is 13.8. The number of aromatic nitrogens is 5. The Morgan fingerprint density at radius 2 is 2.03 bits per heavy atom. The standard InChI is InChI=1S/C22H20FN5O2S/c1-3-11-27-20(13-30-18-9-5-4-8-17(18)23)25-26-22(27)31-14-16-12-21(29)28-15(2)7-6-10-19(28)24-16/h3-10,12H,1,11,13-14H2,2H3. The summed E-state index contributed by atoms with van der Waals surface area (Å²) in [5, 5.41) is 9.05. The van der Waals surface area contributed by atoms with Crippen molar-refractivity contribution < 1.29 is 9.13 Å². The summed E-state index contributed by atoms with van der Waals surface area (Å²) in [6, 6.07) is 13.3. The zero-order valence-electron chi connectivity index (χ0n) is 16.9. The van der Waals surface area contributed by atoms with Crippen LogP contribution in [0, 0.1) is 12.7 Å². The molecule has 9 heteroatoms. The van der Waals surface area contributed by atoms with Gasteiger partial charge in [-0.05, 0) is 31.2 Å². The second-order valence-electron chi connectivity index (χ2n) is 6.75. The average molecular weight is 438 g/mol. The van der Waals surface area contributed by atoms with Gasteiger partial charge in [0.25, 0.3) is 5.56 Å². The van der Waals surface area contributed by atoms with Crippen LogP contribution in [0.4, 0.5) is 4.39 Å². The number of benzene rings is 1. The van der Waals surface area contributed by atoms with Crippen LogP contribution in [0.5, 0.6) is 5.75 Å². The molecule has 7 nitrogen and oxygen atoms in total. The minimum atomic E-state index is -0.434. The lowest BCUT2D eigenvalue weighted by Crippen LogP contribution is -2.17. The molecular weight excluding hydrogens is 417 g/mol. The molecule has 0 aliphatic heterocycles. The Morgan fingerprint density at radius 3 is 2.84 bits per heavy atom. The number of para-hydroxylation sites is 1. The van der Waals surface area contributed by atoms with Crippen LogP contribution in [-0.2, 0) is 18.9 Å². The van der Waals surface area contributed by atoms with Crippen LogP contribution >= 0.6 is 11.8 Å². The Balaban J connectivity index is 1.52. The van der Waals surface area contributed by atoms with Gasteiger partial charge >= 0.3 is 0 Å². The van der Waals surface area contributed by atoms with Crippen LogP contribution in [0.3, 0.4) is 0 Å². The van der Waals surface area contributed by atoms with Crippen molar-refractivity contribution in [2.24, 2.45) is 0 Å². The molecule has 0 amide bonds. The highest BCUT2D eigenvalue weighted by atomic mass is 32.2. The molecule has 4 aromatic rings. The van der Waals surface area contributed by atoms with Crippen LogP contribution in [-0.4, -0.2) is 24.1 Å². The third-order valence-electron chi connectivity index (χ3n) is 4.58. The van der Waals surface area contributed by atoms with Gasteiger partial charge in [0, 0.05) is 24.1 Å². The maximum atomic E-state index is 13.8. The van der Waals surface area contributed by atoms with E-state index in [4.69, 9.17) is 4.74 Å². The molecule has 0 aliphatic carbocycles. The summed E-state index contributed by atoms with van der Waals surface area (Å²) in [7, 11) is 0. The highest BCUT2D eigenvalue weighted by Crippen LogP contribution is 2.23. The molecular formula is C22H20FN5O2S. The van der Waals surface area contributed by atoms with Crippen molar-refractivity contribution in [3.8, 4) is 5.75 Å². The molecule has 1 aromatic carbocycles. The highest BCUT2D eigenvalue weighted by molar-refractivity contribution is 7.98. The Hall–Kier alpha value is -3.46. The van der Waals surface area contributed by atoms with Gasteiger partial charge in [-0.15, -0.1) is 16.8 Å². The van der Waals surface area contributed by atoms with Crippen molar-refractivity contribution in [3.05, 3.63) is 94.6 Å². The number of halogens is 1. The fourth-order valence-electron chi connectivity index (χ4n) is 3.13. The van der Waals surface area contributed by atoms with Gasteiger partial charge in [-0.2, -0.15) is 0 Å². The molecule has 0 saturated carbocycles. The summed E-state index contributed by atoms with van der Waals surface area (Å²) in [6.45, 7) is 6.18. The molecule has 3 aromatic heterocycles. The third-order valence-corrected chi connectivity index (χ3v) is 5.58. The third kappa shape index (κ3) is 4.51. The number of ether oxygens (including phenoxy) is 1. The van der Waals surface area contributed by atoms with Crippen molar-refractivity contribution in [1.29, 1.82) is 0 Å². The lowest BCUT2D eigenvalue weighted by molar-refractivity contribution is 0.275. The number of aryl methyl sites for hydroxylation is 1. The second-order valence-corrected chi connectivity index (χ2v) is 7.69. The molecule has 0 atom stereocenters. The van der Waals surface area contributed by atoms with E-state index in [2.05, 4.69) is 21.8 Å². The molecule has 0 radical (unpaired) electrons. The first-order chi connectivity index (χ1) is 15.1. The molecule has 0 spiro atoms. The fraction of sp³-hybridized carbons (Fsp3) is 0.182. The highest BCUT2D eigenvalue weighted by Gasteiger charge is 2.14. The number of fused-ring (bicyclic) bond motifs is 1. The zero-order chi connectivity index (χ0) is 21.8. The predicted octanol–water partition coefficient (Wildman–Crippen LogP) is 3.79. The Labute approximate surface area is 182 Å². The molecule has 31 heavy (non-hydrogen) atoms.